The molecule has 94 valence electrons. The summed E-state index contributed by atoms with van der Waals surface area (Å²) in [5.41, 5.74) is -0.370. The van der Waals surface area contributed by atoms with E-state index in [1.165, 1.54) is 6.92 Å². The third-order valence-corrected chi connectivity index (χ3v) is 2.46. The summed E-state index contributed by atoms with van der Waals surface area (Å²) in [5, 5.41) is 12.5. The molecular weight excluding hydrogens is 249 g/mol. The SMILES string of the molecule is Cc1c(C(=O)O)cnn1-c1cc(F)c(F)cc1F. The predicted octanol–water partition coefficient (Wildman–Crippen LogP) is 2.30. The van der Waals surface area contributed by atoms with Crippen LogP contribution in [0.3, 0.4) is 0 Å². The lowest BCUT2D eigenvalue weighted by Gasteiger charge is -2.06. The standard InChI is InChI=1S/C11H7F3N2O2/c1-5-6(11(17)18)4-15-16(5)10-3-8(13)7(12)2-9(10)14/h2-4H,1H3,(H,17,18). The van der Waals surface area contributed by atoms with Crippen LogP contribution < -0.4 is 0 Å². The van der Waals surface area contributed by atoms with Crippen molar-refractivity contribution in [3.8, 4) is 5.69 Å². The molecule has 0 fully saturated rings. The first kappa shape index (κ1) is 12.2. The monoisotopic (exact) mass is 256 g/mol. The highest BCUT2D eigenvalue weighted by Gasteiger charge is 2.18. The molecule has 0 radical (unpaired) electrons. The maximum absolute atomic E-state index is 13.5. The molecule has 0 atom stereocenters. The van der Waals surface area contributed by atoms with E-state index in [0.717, 1.165) is 10.9 Å². The van der Waals surface area contributed by atoms with Gasteiger partial charge in [0.15, 0.2) is 17.5 Å². The van der Waals surface area contributed by atoms with Crippen LogP contribution in [-0.2, 0) is 0 Å². The van der Waals surface area contributed by atoms with Crippen molar-refractivity contribution < 1.29 is 23.1 Å². The fraction of sp³-hybridized carbons (Fsp3) is 0.0909. The first-order valence-corrected chi connectivity index (χ1v) is 4.84. The third-order valence-electron chi connectivity index (χ3n) is 2.46. The van der Waals surface area contributed by atoms with Crippen molar-refractivity contribution in [2.75, 3.05) is 0 Å². The van der Waals surface area contributed by atoms with E-state index < -0.39 is 23.4 Å². The maximum Gasteiger partial charge on any atom is 0.339 e. The van der Waals surface area contributed by atoms with Crippen molar-refractivity contribution in [3.63, 3.8) is 0 Å². The molecule has 2 aromatic rings. The van der Waals surface area contributed by atoms with Crippen molar-refractivity contribution in [2.45, 2.75) is 6.92 Å². The fourth-order valence-electron chi connectivity index (χ4n) is 1.54. The minimum atomic E-state index is -1.32. The van der Waals surface area contributed by atoms with E-state index in [0.29, 0.717) is 12.1 Å². The number of nitrogens with zero attached hydrogens (tertiary/aromatic N) is 2. The highest BCUT2D eigenvalue weighted by atomic mass is 19.2. The summed E-state index contributed by atoms with van der Waals surface area (Å²) in [6, 6.07) is 1.00. The van der Waals surface area contributed by atoms with Crippen LogP contribution >= 0.6 is 0 Å². The second-order valence-corrected chi connectivity index (χ2v) is 3.58. The van der Waals surface area contributed by atoms with Crippen LogP contribution in [0.4, 0.5) is 13.2 Å². The van der Waals surface area contributed by atoms with Crippen molar-refractivity contribution in [2.24, 2.45) is 0 Å². The largest absolute Gasteiger partial charge is 0.478 e. The number of aromatic nitrogens is 2. The van der Waals surface area contributed by atoms with Crippen molar-refractivity contribution >= 4 is 5.97 Å². The van der Waals surface area contributed by atoms with Crippen molar-refractivity contribution in [1.29, 1.82) is 0 Å². The predicted molar refractivity (Wildman–Crippen MR) is 55.1 cm³/mol. The average Bonchev–Trinajstić information content (AvgIpc) is 2.66. The van der Waals surface area contributed by atoms with E-state index >= 15 is 0 Å². The second kappa shape index (κ2) is 4.17. The Morgan fingerprint density at radius 3 is 2.39 bits per heavy atom. The molecule has 1 heterocycles. The van der Waals surface area contributed by atoms with E-state index in [2.05, 4.69) is 5.10 Å². The Morgan fingerprint density at radius 1 is 1.22 bits per heavy atom. The van der Waals surface area contributed by atoms with Gasteiger partial charge in [0, 0.05) is 12.1 Å². The molecular formula is C11H7F3N2O2. The van der Waals surface area contributed by atoms with Crippen molar-refractivity contribution in [3.05, 3.63) is 47.0 Å². The van der Waals surface area contributed by atoms with Crippen molar-refractivity contribution in [1.82, 2.24) is 9.78 Å². The van der Waals surface area contributed by atoms with Crippen LogP contribution in [0.1, 0.15) is 16.1 Å². The lowest BCUT2D eigenvalue weighted by molar-refractivity contribution is 0.0696. The smallest absolute Gasteiger partial charge is 0.339 e. The van der Waals surface area contributed by atoms with Gasteiger partial charge < -0.3 is 5.11 Å². The summed E-state index contributed by atoms with van der Waals surface area (Å²) < 4.78 is 40.2. The average molecular weight is 256 g/mol. The topological polar surface area (TPSA) is 55.1 Å². The lowest BCUT2D eigenvalue weighted by atomic mass is 10.2. The van der Waals surface area contributed by atoms with Gasteiger partial charge in [-0.3, -0.25) is 0 Å². The van der Waals surface area contributed by atoms with Crippen LogP contribution in [0, 0.1) is 24.4 Å². The van der Waals surface area contributed by atoms with Crippen LogP contribution in [0.15, 0.2) is 18.3 Å². The lowest BCUT2D eigenvalue weighted by Crippen LogP contribution is -2.05. The Hall–Kier alpha value is -2.31. The Bertz CT molecular complexity index is 637. The summed E-state index contributed by atoms with van der Waals surface area (Å²) in [5.74, 6) is -4.82. The first-order chi connectivity index (χ1) is 8.41. The zero-order valence-corrected chi connectivity index (χ0v) is 9.12. The summed E-state index contributed by atoms with van der Waals surface area (Å²) in [7, 11) is 0. The number of halogens is 3. The quantitative estimate of drug-likeness (QED) is 0.839. The van der Waals surface area contributed by atoms with E-state index in [1.54, 1.807) is 0 Å². The van der Waals surface area contributed by atoms with Gasteiger partial charge in [-0.25, -0.2) is 22.6 Å². The Morgan fingerprint density at radius 2 is 1.83 bits per heavy atom. The third kappa shape index (κ3) is 1.83. The molecule has 7 heteroatoms. The maximum atomic E-state index is 13.5. The van der Waals surface area contributed by atoms with Crippen LogP contribution in [0.25, 0.3) is 5.69 Å². The van der Waals surface area contributed by atoms with Crippen LogP contribution in [-0.4, -0.2) is 20.9 Å². The normalized spacial score (nSPS) is 10.7. The number of hydrogen-bond donors (Lipinski definition) is 1. The molecule has 0 spiro atoms. The molecule has 4 nitrogen and oxygen atoms in total. The number of hydrogen-bond acceptors (Lipinski definition) is 2. The van der Waals surface area contributed by atoms with Gasteiger partial charge in [0.25, 0.3) is 0 Å². The van der Waals surface area contributed by atoms with E-state index in [-0.39, 0.29) is 16.9 Å². The van der Waals surface area contributed by atoms with Crippen LogP contribution in [0.5, 0.6) is 0 Å². The highest BCUT2D eigenvalue weighted by molar-refractivity contribution is 5.88. The molecule has 0 aliphatic heterocycles. The van der Waals surface area contributed by atoms with E-state index in [4.69, 9.17) is 5.11 Å². The Labute approximate surface area is 99.3 Å². The Balaban J connectivity index is 2.63. The van der Waals surface area contributed by atoms with Crippen LogP contribution in [0.2, 0.25) is 0 Å². The van der Waals surface area contributed by atoms with E-state index in [1.807, 2.05) is 0 Å². The molecule has 0 unspecified atom stereocenters. The minimum absolute atomic E-state index is 0.118. The zero-order valence-electron chi connectivity index (χ0n) is 9.12. The number of rotatable bonds is 2. The zero-order chi connectivity index (χ0) is 13.4. The molecule has 18 heavy (non-hydrogen) atoms. The number of carboxylic acids is 1. The molecule has 0 saturated heterocycles. The summed E-state index contributed by atoms with van der Waals surface area (Å²) >= 11 is 0. The van der Waals surface area contributed by atoms with Gasteiger partial charge >= 0.3 is 5.97 Å². The summed E-state index contributed by atoms with van der Waals surface area (Å²) in [6.07, 6.45) is 1.01. The van der Waals surface area contributed by atoms with E-state index in [9.17, 15) is 18.0 Å². The molecule has 1 aromatic carbocycles. The van der Waals surface area contributed by atoms with Gasteiger partial charge in [0.05, 0.1) is 11.9 Å². The highest BCUT2D eigenvalue weighted by Crippen LogP contribution is 2.20. The van der Waals surface area contributed by atoms with Gasteiger partial charge in [-0.05, 0) is 6.92 Å². The fourth-order valence-corrected chi connectivity index (χ4v) is 1.54. The Kier molecular flexibility index (Phi) is 2.82. The van der Waals surface area contributed by atoms with Gasteiger partial charge in [-0.1, -0.05) is 0 Å². The van der Waals surface area contributed by atoms with Gasteiger partial charge in [-0.2, -0.15) is 5.10 Å². The number of benzene rings is 1. The number of aromatic carboxylic acids is 1. The molecule has 0 aliphatic carbocycles. The molecule has 0 bridgehead atoms. The molecule has 1 aromatic heterocycles. The molecule has 1 N–H and O–H groups in total. The first-order valence-electron chi connectivity index (χ1n) is 4.84. The minimum Gasteiger partial charge on any atom is -0.478 e. The molecule has 2 rings (SSSR count). The van der Waals surface area contributed by atoms with Gasteiger partial charge in [-0.15, -0.1) is 0 Å². The summed E-state index contributed by atoms with van der Waals surface area (Å²) in [4.78, 5) is 10.8. The second-order valence-electron chi connectivity index (χ2n) is 3.58. The molecule has 0 aliphatic rings. The number of carboxylic acid groups (broad SMARTS) is 1. The summed E-state index contributed by atoms with van der Waals surface area (Å²) in [6.45, 7) is 1.39. The molecule has 0 saturated carbocycles. The molecule has 0 amide bonds. The van der Waals surface area contributed by atoms with Gasteiger partial charge in [0.1, 0.15) is 11.3 Å². The number of carbonyl (C=O) groups is 1. The van der Waals surface area contributed by atoms with Gasteiger partial charge in [0.2, 0.25) is 0 Å².